The number of halogens is 2. The second-order valence-corrected chi connectivity index (χ2v) is 4.56. The van der Waals surface area contributed by atoms with Crippen molar-refractivity contribution >= 4 is 28.9 Å². The fourth-order valence-electron chi connectivity index (χ4n) is 1.50. The van der Waals surface area contributed by atoms with Crippen molar-refractivity contribution in [1.82, 2.24) is 0 Å². The summed E-state index contributed by atoms with van der Waals surface area (Å²) in [4.78, 5) is 0. The minimum Gasteiger partial charge on any atom is -0.492 e. The van der Waals surface area contributed by atoms with E-state index in [1.165, 1.54) is 0 Å². The molecule has 0 spiro atoms. The topological polar surface area (TPSA) is 21.3 Å². The van der Waals surface area contributed by atoms with E-state index in [1.54, 1.807) is 18.2 Å². The number of hydrogen-bond donors (Lipinski definition) is 1. The zero-order chi connectivity index (χ0) is 12.8. The Kier molecular flexibility index (Phi) is 4.73. The SMILES string of the molecule is Clc1ccc(Cl)c(NCCOc2ccccc2)c1. The molecule has 0 saturated carbocycles. The van der Waals surface area contributed by atoms with Crippen molar-refractivity contribution in [1.29, 1.82) is 0 Å². The fourth-order valence-corrected chi connectivity index (χ4v) is 1.86. The van der Waals surface area contributed by atoms with Gasteiger partial charge in [0.25, 0.3) is 0 Å². The van der Waals surface area contributed by atoms with Crippen LogP contribution in [0.1, 0.15) is 0 Å². The molecule has 18 heavy (non-hydrogen) atoms. The molecule has 0 heterocycles. The second-order valence-electron chi connectivity index (χ2n) is 3.71. The van der Waals surface area contributed by atoms with E-state index in [9.17, 15) is 0 Å². The van der Waals surface area contributed by atoms with E-state index in [0.29, 0.717) is 23.2 Å². The lowest BCUT2D eigenvalue weighted by Crippen LogP contribution is -2.11. The van der Waals surface area contributed by atoms with E-state index in [0.717, 1.165) is 11.4 Å². The highest BCUT2D eigenvalue weighted by molar-refractivity contribution is 6.35. The van der Waals surface area contributed by atoms with Gasteiger partial charge in [-0.25, -0.2) is 0 Å². The highest BCUT2D eigenvalue weighted by Crippen LogP contribution is 2.25. The number of rotatable bonds is 5. The van der Waals surface area contributed by atoms with Gasteiger partial charge in [0, 0.05) is 11.6 Å². The number of nitrogens with one attached hydrogen (secondary N) is 1. The Morgan fingerprint density at radius 1 is 1.00 bits per heavy atom. The van der Waals surface area contributed by atoms with Crippen LogP contribution in [0.3, 0.4) is 0 Å². The Bertz CT molecular complexity index is 502. The van der Waals surface area contributed by atoms with E-state index in [-0.39, 0.29) is 0 Å². The number of benzene rings is 2. The van der Waals surface area contributed by atoms with Gasteiger partial charge in [-0.15, -0.1) is 0 Å². The third-order valence-electron chi connectivity index (χ3n) is 2.36. The summed E-state index contributed by atoms with van der Waals surface area (Å²) in [5.74, 6) is 0.858. The molecule has 2 nitrogen and oxygen atoms in total. The fraction of sp³-hybridized carbons (Fsp3) is 0.143. The molecular weight excluding hydrogens is 269 g/mol. The van der Waals surface area contributed by atoms with Crippen molar-refractivity contribution in [2.24, 2.45) is 0 Å². The molecule has 0 aliphatic heterocycles. The highest BCUT2D eigenvalue weighted by atomic mass is 35.5. The van der Waals surface area contributed by atoms with Crippen molar-refractivity contribution in [2.45, 2.75) is 0 Å². The number of para-hydroxylation sites is 1. The van der Waals surface area contributed by atoms with Gasteiger partial charge in [-0.3, -0.25) is 0 Å². The molecule has 0 amide bonds. The van der Waals surface area contributed by atoms with Crippen LogP contribution >= 0.6 is 23.2 Å². The zero-order valence-electron chi connectivity index (χ0n) is 9.70. The van der Waals surface area contributed by atoms with Crippen LogP contribution in [0, 0.1) is 0 Å². The summed E-state index contributed by atoms with van der Waals surface area (Å²) in [5, 5.41) is 4.49. The van der Waals surface area contributed by atoms with Crippen molar-refractivity contribution in [3.63, 3.8) is 0 Å². The molecule has 2 rings (SSSR count). The predicted octanol–water partition coefficient (Wildman–Crippen LogP) is 4.48. The van der Waals surface area contributed by atoms with Gasteiger partial charge in [0.15, 0.2) is 0 Å². The van der Waals surface area contributed by atoms with Crippen LogP contribution in [0.4, 0.5) is 5.69 Å². The van der Waals surface area contributed by atoms with Crippen molar-refractivity contribution in [3.05, 3.63) is 58.6 Å². The van der Waals surface area contributed by atoms with Crippen LogP contribution < -0.4 is 10.1 Å². The minimum absolute atomic E-state index is 0.562. The van der Waals surface area contributed by atoms with Crippen molar-refractivity contribution < 1.29 is 4.74 Å². The van der Waals surface area contributed by atoms with Crippen LogP contribution in [-0.4, -0.2) is 13.2 Å². The molecule has 0 unspecified atom stereocenters. The molecule has 4 heteroatoms. The average molecular weight is 282 g/mol. The lowest BCUT2D eigenvalue weighted by molar-refractivity contribution is 0.333. The van der Waals surface area contributed by atoms with Crippen LogP contribution in [-0.2, 0) is 0 Å². The average Bonchev–Trinajstić information content (AvgIpc) is 2.40. The summed E-state index contributed by atoms with van der Waals surface area (Å²) in [6.45, 7) is 1.22. The van der Waals surface area contributed by atoms with Gasteiger partial charge in [0.05, 0.1) is 10.7 Å². The zero-order valence-corrected chi connectivity index (χ0v) is 11.2. The third kappa shape index (κ3) is 3.83. The lowest BCUT2D eigenvalue weighted by Gasteiger charge is -2.10. The summed E-state index contributed by atoms with van der Waals surface area (Å²) in [6.07, 6.45) is 0. The largest absolute Gasteiger partial charge is 0.492 e. The Balaban J connectivity index is 1.80. The quantitative estimate of drug-likeness (QED) is 0.816. The normalized spacial score (nSPS) is 10.1. The van der Waals surface area contributed by atoms with Gasteiger partial charge in [0.2, 0.25) is 0 Å². The van der Waals surface area contributed by atoms with Crippen molar-refractivity contribution in [2.75, 3.05) is 18.5 Å². The smallest absolute Gasteiger partial charge is 0.119 e. The lowest BCUT2D eigenvalue weighted by atomic mass is 10.3. The number of anilines is 1. The highest BCUT2D eigenvalue weighted by Gasteiger charge is 2.00. The Hall–Kier alpha value is -1.38. The minimum atomic E-state index is 0.562. The van der Waals surface area contributed by atoms with Crippen LogP contribution in [0.15, 0.2) is 48.5 Å². The van der Waals surface area contributed by atoms with Gasteiger partial charge in [-0.1, -0.05) is 41.4 Å². The van der Waals surface area contributed by atoms with Crippen LogP contribution in [0.5, 0.6) is 5.75 Å². The molecular formula is C14H13Cl2NO. The third-order valence-corrected chi connectivity index (χ3v) is 2.92. The molecule has 0 aromatic heterocycles. The summed E-state index contributed by atoms with van der Waals surface area (Å²) < 4.78 is 5.56. The first-order valence-electron chi connectivity index (χ1n) is 5.62. The first kappa shape index (κ1) is 13.1. The van der Waals surface area contributed by atoms with Gasteiger partial charge in [-0.2, -0.15) is 0 Å². The summed E-state index contributed by atoms with van der Waals surface area (Å²) in [6, 6.07) is 15.0. The van der Waals surface area contributed by atoms with E-state index >= 15 is 0 Å². The first-order valence-corrected chi connectivity index (χ1v) is 6.38. The Morgan fingerprint density at radius 3 is 2.56 bits per heavy atom. The number of hydrogen-bond acceptors (Lipinski definition) is 2. The molecule has 0 atom stereocenters. The van der Waals surface area contributed by atoms with Gasteiger partial charge in [0.1, 0.15) is 12.4 Å². The molecule has 0 aliphatic carbocycles. The van der Waals surface area contributed by atoms with E-state index in [2.05, 4.69) is 5.32 Å². The molecule has 2 aromatic carbocycles. The molecule has 0 aliphatic rings. The van der Waals surface area contributed by atoms with E-state index in [1.807, 2.05) is 30.3 Å². The first-order chi connectivity index (χ1) is 8.75. The van der Waals surface area contributed by atoms with Gasteiger partial charge in [-0.05, 0) is 30.3 Å². The summed E-state index contributed by atoms with van der Waals surface area (Å²) in [5.41, 5.74) is 0.820. The molecule has 94 valence electrons. The predicted molar refractivity (Wildman–Crippen MR) is 76.9 cm³/mol. The Labute approximate surface area is 116 Å². The van der Waals surface area contributed by atoms with Crippen LogP contribution in [0.25, 0.3) is 0 Å². The maximum atomic E-state index is 6.03. The van der Waals surface area contributed by atoms with E-state index in [4.69, 9.17) is 27.9 Å². The van der Waals surface area contributed by atoms with Crippen molar-refractivity contribution in [3.8, 4) is 5.75 Å². The van der Waals surface area contributed by atoms with Gasteiger partial charge < -0.3 is 10.1 Å². The van der Waals surface area contributed by atoms with Gasteiger partial charge >= 0.3 is 0 Å². The molecule has 1 N–H and O–H groups in total. The summed E-state index contributed by atoms with van der Waals surface area (Å²) in [7, 11) is 0. The maximum Gasteiger partial charge on any atom is 0.119 e. The molecule has 2 aromatic rings. The molecule has 0 bridgehead atoms. The van der Waals surface area contributed by atoms with E-state index < -0.39 is 0 Å². The molecule has 0 radical (unpaired) electrons. The van der Waals surface area contributed by atoms with Crippen LogP contribution in [0.2, 0.25) is 10.0 Å². The molecule has 0 fully saturated rings. The number of ether oxygens (including phenoxy) is 1. The second kappa shape index (κ2) is 6.53. The summed E-state index contributed by atoms with van der Waals surface area (Å²) >= 11 is 11.9. The molecule has 0 saturated heterocycles. The monoisotopic (exact) mass is 281 g/mol. The standard InChI is InChI=1S/C14H13Cl2NO/c15-11-6-7-13(16)14(10-11)17-8-9-18-12-4-2-1-3-5-12/h1-7,10,17H,8-9H2. The Morgan fingerprint density at radius 2 is 1.78 bits per heavy atom. The maximum absolute atomic E-state index is 6.03.